The van der Waals surface area contributed by atoms with E-state index in [2.05, 4.69) is 4.90 Å². The highest BCUT2D eigenvalue weighted by Crippen LogP contribution is 2.32. The third-order valence-electron chi connectivity index (χ3n) is 4.65. The SMILES string of the molecule is CN(C)CCOC[C@@H]1CC[C@@H]2[C@@H](CCN2C(=O)c2ccsc2)O1. The Morgan fingerprint density at radius 2 is 2.30 bits per heavy atom. The summed E-state index contributed by atoms with van der Waals surface area (Å²) >= 11 is 1.57. The van der Waals surface area contributed by atoms with Gasteiger partial charge in [0.1, 0.15) is 0 Å². The number of carbonyl (C=O) groups excluding carboxylic acids is 1. The molecule has 2 fully saturated rings. The summed E-state index contributed by atoms with van der Waals surface area (Å²) in [5.41, 5.74) is 0.810. The van der Waals surface area contributed by atoms with Crippen molar-refractivity contribution in [1.29, 1.82) is 0 Å². The molecule has 5 nitrogen and oxygen atoms in total. The first-order valence-electron chi connectivity index (χ1n) is 8.36. The number of fused-ring (bicyclic) bond motifs is 1. The lowest BCUT2D eigenvalue weighted by Crippen LogP contribution is -2.46. The van der Waals surface area contributed by atoms with Gasteiger partial charge in [-0.25, -0.2) is 0 Å². The van der Waals surface area contributed by atoms with Gasteiger partial charge in [0.2, 0.25) is 0 Å². The van der Waals surface area contributed by atoms with E-state index in [1.165, 1.54) is 0 Å². The summed E-state index contributed by atoms with van der Waals surface area (Å²) in [7, 11) is 4.09. The average molecular weight is 338 g/mol. The molecule has 128 valence electrons. The van der Waals surface area contributed by atoms with Gasteiger partial charge in [-0.2, -0.15) is 11.3 Å². The molecule has 23 heavy (non-hydrogen) atoms. The van der Waals surface area contributed by atoms with E-state index in [1.807, 2.05) is 35.8 Å². The van der Waals surface area contributed by atoms with Gasteiger partial charge in [0.15, 0.2) is 0 Å². The molecule has 1 amide bonds. The third kappa shape index (κ3) is 4.12. The molecule has 0 aromatic carbocycles. The molecule has 0 aliphatic carbocycles. The first-order chi connectivity index (χ1) is 11.1. The molecule has 0 radical (unpaired) electrons. The lowest BCUT2D eigenvalue weighted by Gasteiger charge is -2.35. The van der Waals surface area contributed by atoms with Crippen LogP contribution in [0.4, 0.5) is 0 Å². The molecule has 3 atom stereocenters. The normalized spacial score (nSPS) is 27.4. The highest BCUT2D eigenvalue weighted by atomic mass is 32.1. The summed E-state index contributed by atoms with van der Waals surface area (Å²) in [5, 5.41) is 3.89. The number of carbonyl (C=O) groups is 1. The largest absolute Gasteiger partial charge is 0.377 e. The van der Waals surface area contributed by atoms with E-state index >= 15 is 0 Å². The van der Waals surface area contributed by atoms with Gasteiger partial charge < -0.3 is 19.3 Å². The van der Waals surface area contributed by atoms with Crippen LogP contribution in [0.1, 0.15) is 29.6 Å². The smallest absolute Gasteiger partial charge is 0.255 e. The second-order valence-corrected chi connectivity index (χ2v) is 7.40. The van der Waals surface area contributed by atoms with Gasteiger partial charge in [-0.05, 0) is 44.8 Å². The number of likely N-dealkylation sites (tertiary alicyclic amines) is 1. The van der Waals surface area contributed by atoms with Crippen LogP contribution in [-0.4, -0.2) is 74.4 Å². The van der Waals surface area contributed by atoms with Gasteiger partial charge in [0.05, 0.1) is 37.0 Å². The number of nitrogens with zero attached hydrogens (tertiary/aromatic N) is 2. The maximum absolute atomic E-state index is 12.6. The summed E-state index contributed by atoms with van der Waals surface area (Å²) in [5.74, 6) is 0.156. The first-order valence-corrected chi connectivity index (χ1v) is 9.30. The van der Waals surface area contributed by atoms with Crippen LogP contribution < -0.4 is 0 Å². The molecule has 0 saturated carbocycles. The molecule has 1 aromatic heterocycles. The Balaban J connectivity index is 1.47. The van der Waals surface area contributed by atoms with E-state index < -0.39 is 0 Å². The number of hydrogen-bond acceptors (Lipinski definition) is 5. The number of hydrogen-bond donors (Lipinski definition) is 0. The summed E-state index contributed by atoms with van der Waals surface area (Å²) < 4.78 is 11.9. The Hall–Kier alpha value is -0.950. The number of thiophene rings is 1. The van der Waals surface area contributed by atoms with Crippen LogP contribution in [-0.2, 0) is 9.47 Å². The highest BCUT2D eigenvalue weighted by Gasteiger charge is 2.42. The quantitative estimate of drug-likeness (QED) is 0.745. The Kier molecular flexibility index (Phi) is 5.69. The molecule has 2 saturated heterocycles. The molecule has 3 heterocycles. The van der Waals surface area contributed by atoms with E-state index in [0.717, 1.165) is 44.5 Å². The molecule has 0 N–H and O–H groups in total. The fourth-order valence-corrected chi connectivity index (χ4v) is 4.02. The molecule has 2 aliphatic rings. The minimum atomic E-state index is 0.156. The molecule has 0 unspecified atom stereocenters. The number of rotatable bonds is 6. The summed E-state index contributed by atoms with van der Waals surface area (Å²) in [6.45, 7) is 3.14. The van der Waals surface area contributed by atoms with Crippen molar-refractivity contribution in [3.63, 3.8) is 0 Å². The molecule has 0 bridgehead atoms. The zero-order valence-electron chi connectivity index (χ0n) is 13.9. The summed E-state index contributed by atoms with van der Waals surface area (Å²) in [4.78, 5) is 16.7. The zero-order valence-corrected chi connectivity index (χ0v) is 14.8. The molecule has 3 rings (SSSR count). The molecule has 0 spiro atoms. The number of likely N-dealkylation sites (N-methyl/N-ethyl adjacent to an activating group) is 1. The lowest BCUT2D eigenvalue weighted by atomic mass is 9.99. The Bertz CT molecular complexity index is 506. The zero-order chi connectivity index (χ0) is 16.2. The van der Waals surface area contributed by atoms with Gasteiger partial charge in [-0.3, -0.25) is 4.79 Å². The topological polar surface area (TPSA) is 42.0 Å². The summed E-state index contributed by atoms with van der Waals surface area (Å²) in [6, 6.07) is 2.14. The van der Waals surface area contributed by atoms with Crippen molar-refractivity contribution in [1.82, 2.24) is 9.80 Å². The minimum Gasteiger partial charge on any atom is -0.377 e. The third-order valence-corrected chi connectivity index (χ3v) is 5.33. The predicted molar refractivity (Wildman–Crippen MR) is 91.0 cm³/mol. The standard InChI is InChI=1S/C17H26N2O3S/c1-18(2)8-9-21-11-14-3-4-15-16(22-14)5-7-19(15)17(20)13-6-10-23-12-13/h6,10,12,14-16H,3-5,7-9,11H2,1-2H3/t14-,15+,16+/m0/s1. The van der Waals surface area contributed by atoms with E-state index in [4.69, 9.17) is 9.47 Å². The molecule has 1 aromatic rings. The van der Waals surface area contributed by atoms with Gasteiger partial charge in [-0.15, -0.1) is 0 Å². The van der Waals surface area contributed by atoms with E-state index in [9.17, 15) is 4.79 Å². The summed E-state index contributed by atoms with van der Waals surface area (Å²) in [6.07, 6.45) is 3.27. The maximum Gasteiger partial charge on any atom is 0.255 e. The Morgan fingerprint density at radius 3 is 3.04 bits per heavy atom. The van der Waals surface area contributed by atoms with Crippen LogP contribution in [0.5, 0.6) is 0 Å². The second-order valence-electron chi connectivity index (χ2n) is 6.62. The number of ether oxygens (including phenoxy) is 2. The van der Waals surface area contributed by atoms with Crippen molar-refractivity contribution in [3.05, 3.63) is 22.4 Å². The van der Waals surface area contributed by atoms with E-state index in [0.29, 0.717) is 6.61 Å². The van der Waals surface area contributed by atoms with Crippen LogP contribution in [0.15, 0.2) is 16.8 Å². The van der Waals surface area contributed by atoms with Crippen LogP contribution in [0.3, 0.4) is 0 Å². The van der Waals surface area contributed by atoms with Crippen LogP contribution >= 0.6 is 11.3 Å². The molecule has 2 aliphatic heterocycles. The van der Waals surface area contributed by atoms with Crippen LogP contribution in [0.2, 0.25) is 0 Å². The van der Waals surface area contributed by atoms with Crippen molar-refractivity contribution in [3.8, 4) is 0 Å². The monoisotopic (exact) mass is 338 g/mol. The van der Waals surface area contributed by atoms with Gasteiger partial charge in [0, 0.05) is 18.5 Å². The predicted octanol–water partition coefficient (Wildman–Crippen LogP) is 2.09. The first kappa shape index (κ1) is 16.9. The van der Waals surface area contributed by atoms with Crippen molar-refractivity contribution in [2.24, 2.45) is 0 Å². The van der Waals surface area contributed by atoms with Gasteiger partial charge in [-0.1, -0.05) is 0 Å². The lowest BCUT2D eigenvalue weighted by molar-refractivity contribution is -0.0969. The second kappa shape index (κ2) is 7.75. The van der Waals surface area contributed by atoms with Crippen molar-refractivity contribution >= 4 is 17.2 Å². The van der Waals surface area contributed by atoms with E-state index in [-0.39, 0.29) is 24.2 Å². The van der Waals surface area contributed by atoms with Gasteiger partial charge in [0.25, 0.3) is 5.91 Å². The van der Waals surface area contributed by atoms with Gasteiger partial charge >= 0.3 is 0 Å². The van der Waals surface area contributed by atoms with Crippen LogP contribution in [0.25, 0.3) is 0 Å². The minimum absolute atomic E-state index is 0.156. The highest BCUT2D eigenvalue weighted by molar-refractivity contribution is 7.08. The van der Waals surface area contributed by atoms with Crippen molar-refractivity contribution < 1.29 is 14.3 Å². The fourth-order valence-electron chi connectivity index (χ4n) is 3.39. The maximum atomic E-state index is 12.6. The van der Waals surface area contributed by atoms with Crippen LogP contribution in [0, 0.1) is 0 Å². The average Bonchev–Trinajstić information content (AvgIpc) is 3.19. The number of amides is 1. The Morgan fingerprint density at radius 1 is 1.43 bits per heavy atom. The fraction of sp³-hybridized carbons (Fsp3) is 0.706. The molecule has 6 heteroatoms. The van der Waals surface area contributed by atoms with E-state index in [1.54, 1.807) is 11.3 Å². The molecular formula is C17H26N2O3S. The van der Waals surface area contributed by atoms with Crippen molar-refractivity contribution in [2.45, 2.75) is 37.5 Å². The van der Waals surface area contributed by atoms with Crippen molar-refractivity contribution in [2.75, 3.05) is 40.4 Å². The molecular weight excluding hydrogens is 312 g/mol. The Labute approximate surface area is 142 Å².